The Balaban J connectivity index is 2.72. The van der Waals surface area contributed by atoms with E-state index in [4.69, 9.17) is 23.7 Å². The van der Waals surface area contributed by atoms with Crippen molar-refractivity contribution in [2.45, 2.75) is 263 Å². The van der Waals surface area contributed by atoms with Crippen molar-refractivity contribution < 1.29 is 58.2 Å². The van der Waals surface area contributed by atoms with Gasteiger partial charge in [-0.2, -0.15) is 0 Å². The number of aliphatic hydroxyl groups excluding tert-OH is 2. The van der Waals surface area contributed by atoms with Crippen molar-refractivity contribution in [3.63, 3.8) is 0 Å². The number of allylic oxidation sites excluding steroid dienone is 10. The number of aliphatic hydroxyl groups is 2. The maximum atomic E-state index is 13.0. The molecular formula is C57H96O12. The van der Waals surface area contributed by atoms with E-state index in [0.29, 0.717) is 25.7 Å². The van der Waals surface area contributed by atoms with Gasteiger partial charge in [0.15, 0.2) is 24.6 Å². The van der Waals surface area contributed by atoms with Crippen molar-refractivity contribution in [3.05, 3.63) is 60.8 Å². The van der Waals surface area contributed by atoms with Crippen molar-refractivity contribution in [2.24, 2.45) is 0 Å². The molecule has 0 aromatic heterocycles. The lowest BCUT2D eigenvalue weighted by Crippen LogP contribution is -2.61. The minimum atomic E-state index is -1.91. The Morgan fingerprint density at radius 3 is 1.38 bits per heavy atom. The minimum Gasteiger partial charge on any atom is -0.479 e. The standard InChI is InChI=1S/C57H96O12/c1-4-7-10-13-16-19-21-23-24-25-26-28-29-32-34-37-40-43-49(58)65-46-48(67-50(59)44-41-38-35-31-18-15-12-9-6-3)47-66-57-55(53(62)52(61)54(69-57)56(63)64)68-51(60)45-42-39-36-33-30-27-22-20-17-14-11-8-5-2/h7,10,16,19,23-24,26,28,32,34,48,52-55,57,61-62H,4-6,8-9,11-15,17-18,20-22,25,27,29-31,33,35-47H2,1-3H3,(H,63,64)/b10-7-,19-16-,24-23-,28-26-,34-32-. The highest BCUT2D eigenvalue weighted by atomic mass is 16.7. The van der Waals surface area contributed by atoms with Crippen molar-refractivity contribution in [2.75, 3.05) is 13.2 Å². The second-order valence-electron chi connectivity index (χ2n) is 18.5. The molecule has 0 radical (unpaired) electrons. The lowest BCUT2D eigenvalue weighted by atomic mass is 9.98. The molecule has 1 aliphatic heterocycles. The Hall–Kier alpha value is -3.58. The van der Waals surface area contributed by atoms with E-state index in [-0.39, 0.29) is 25.9 Å². The molecule has 3 N–H and O–H groups in total. The van der Waals surface area contributed by atoms with Gasteiger partial charge in [-0.15, -0.1) is 0 Å². The fourth-order valence-electron chi connectivity index (χ4n) is 7.93. The molecule has 0 spiro atoms. The third-order valence-corrected chi connectivity index (χ3v) is 12.1. The van der Waals surface area contributed by atoms with Crippen LogP contribution in [0.2, 0.25) is 0 Å². The number of carbonyl (C=O) groups is 4. The van der Waals surface area contributed by atoms with Crippen LogP contribution in [-0.4, -0.2) is 89.2 Å². The third-order valence-electron chi connectivity index (χ3n) is 12.1. The molecule has 1 rings (SSSR count). The Kier molecular flexibility index (Phi) is 41.9. The number of esters is 3. The summed E-state index contributed by atoms with van der Waals surface area (Å²) >= 11 is 0. The summed E-state index contributed by atoms with van der Waals surface area (Å²) in [6.07, 6.45) is 42.2. The van der Waals surface area contributed by atoms with E-state index in [1.165, 1.54) is 83.5 Å². The van der Waals surface area contributed by atoms with Crippen LogP contribution < -0.4 is 0 Å². The molecule has 0 amide bonds. The summed E-state index contributed by atoms with van der Waals surface area (Å²) in [5, 5.41) is 31.3. The molecule has 0 aliphatic carbocycles. The fraction of sp³-hybridized carbons (Fsp3) is 0.754. The van der Waals surface area contributed by atoms with Gasteiger partial charge in [-0.05, 0) is 57.8 Å². The van der Waals surface area contributed by atoms with Gasteiger partial charge in [-0.3, -0.25) is 14.4 Å². The quantitative estimate of drug-likeness (QED) is 0.0228. The van der Waals surface area contributed by atoms with Gasteiger partial charge in [0, 0.05) is 19.3 Å². The number of hydrogen-bond donors (Lipinski definition) is 3. The van der Waals surface area contributed by atoms with Gasteiger partial charge in [0.05, 0.1) is 6.61 Å². The second kappa shape index (κ2) is 45.6. The predicted molar refractivity (Wildman–Crippen MR) is 275 cm³/mol. The summed E-state index contributed by atoms with van der Waals surface area (Å²) < 4.78 is 28.2. The van der Waals surface area contributed by atoms with E-state index in [1.54, 1.807) is 0 Å². The van der Waals surface area contributed by atoms with E-state index in [2.05, 4.69) is 75.5 Å². The van der Waals surface area contributed by atoms with Crippen molar-refractivity contribution in [1.82, 2.24) is 0 Å². The first-order chi connectivity index (χ1) is 33.6. The molecule has 69 heavy (non-hydrogen) atoms. The van der Waals surface area contributed by atoms with E-state index in [1.807, 2.05) is 6.08 Å². The van der Waals surface area contributed by atoms with Gasteiger partial charge >= 0.3 is 23.9 Å². The van der Waals surface area contributed by atoms with Gasteiger partial charge in [0.25, 0.3) is 0 Å². The minimum absolute atomic E-state index is 0.0578. The SMILES string of the molecule is CC/C=C\C/C=C\C/C=C\C/C=C\C/C=C\CCCC(=O)OCC(COC1OC(C(=O)O)C(O)C(O)C1OC(=O)CCCCCCCCCCCCCCC)OC(=O)CCCCCCCCCCC. The number of carboxylic acids is 1. The normalized spacial score (nSPS) is 19.1. The van der Waals surface area contributed by atoms with E-state index < -0.39 is 67.3 Å². The van der Waals surface area contributed by atoms with Crippen LogP contribution in [0.4, 0.5) is 0 Å². The first-order valence-corrected chi connectivity index (χ1v) is 27.3. The summed E-state index contributed by atoms with van der Waals surface area (Å²) in [5.74, 6) is -3.19. The zero-order valence-electron chi connectivity index (χ0n) is 43.3. The lowest BCUT2D eigenvalue weighted by molar-refractivity contribution is -0.301. The number of carbonyl (C=O) groups excluding carboxylic acids is 3. The van der Waals surface area contributed by atoms with Crippen LogP contribution in [0, 0.1) is 0 Å². The van der Waals surface area contributed by atoms with Crippen molar-refractivity contribution in [3.8, 4) is 0 Å². The highest BCUT2D eigenvalue weighted by molar-refractivity contribution is 5.74. The highest BCUT2D eigenvalue weighted by Crippen LogP contribution is 2.26. The summed E-state index contributed by atoms with van der Waals surface area (Å²) in [5.41, 5.74) is 0. The summed E-state index contributed by atoms with van der Waals surface area (Å²) in [4.78, 5) is 50.8. The molecule has 6 unspecified atom stereocenters. The molecule has 1 saturated heterocycles. The molecule has 0 saturated carbocycles. The van der Waals surface area contributed by atoms with E-state index in [0.717, 1.165) is 77.0 Å². The Morgan fingerprint density at radius 1 is 0.493 bits per heavy atom. The number of unbranched alkanes of at least 4 members (excludes halogenated alkanes) is 21. The van der Waals surface area contributed by atoms with Crippen LogP contribution in [0.15, 0.2) is 60.8 Å². The molecule has 396 valence electrons. The van der Waals surface area contributed by atoms with Crippen LogP contribution in [0.25, 0.3) is 0 Å². The fourth-order valence-corrected chi connectivity index (χ4v) is 7.93. The maximum absolute atomic E-state index is 13.0. The molecule has 1 fully saturated rings. The number of hydrogen-bond acceptors (Lipinski definition) is 11. The van der Waals surface area contributed by atoms with E-state index >= 15 is 0 Å². The number of ether oxygens (including phenoxy) is 5. The maximum Gasteiger partial charge on any atom is 0.335 e. The van der Waals surface area contributed by atoms with Crippen LogP contribution in [0.3, 0.4) is 0 Å². The van der Waals surface area contributed by atoms with Crippen LogP contribution in [0.1, 0.15) is 226 Å². The molecule has 0 bridgehead atoms. The Morgan fingerprint density at radius 2 is 0.913 bits per heavy atom. The predicted octanol–water partition coefficient (Wildman–Crippen LogP) is 13.2. The molecular weight excluding hydrogens is 877 g/mol. The summed E-state index contributed by atoms with van der Waals surface area (Å²) in [6.45, 7) is 5.78. The molecule has 1 aliphatic rings. The monoisotopic (exact) mass is 973 g/mol. The van der Waals surface area contributed by atoms with Gasteiger partial charge in [0.2, 0.25) is 0 Å². The summed E-state index contributed by atoms with van der Waals surface area (Å²) in [7, 11) is 0. The Labute approximate surface area is 417 Å². The number of aliphatic carboxylic acids is 1. The van der Waals surface area contributed by atoms with Crippen LogP contribution in [-0.2, 0) is 42.9 Å². The second-order valence-corrected chi connectivity index (χ2v) is 18.5. The lowest BCUT2D eigenvalue weighted by Gasteiger charge is -2.40. The third kappa shape index (κ3) is 36.1. The van der Waals surface area contributed by atoms with E-state index in [9.17, 15) is 34.5 Å². The largest absolute Gasteiger partial charge is 0.479 e. The first-order valence-electron chi connectivity index (χ1n) is 27.3. The smallest absolute Gasteiger partial charge is 0.335 e. The topological polar surface area (TPSA) is 175 Å². The van der Waals surface area contributed by atoms with Gasteiger partial charge < -0.3 is 39.0 Å². The van der Waals surface area contributed by atoms with Crippen LogP contribution in [0.5, 0.6) is 0 Å². The molecule has 0 aromatic rings. The highest BCUT2D eigenvalue weighted by Gasteiger charge is 2.50. The van der Waals surface area contributed by atoms with Gasteiger partial charge in [0.1, 0.15) is 18.8 Å². The Bertz CT molecular complexity index is 1440. The van der Waals surface area contributed by atoms with Gasteiger partial charge in [-0.25, -0.2) is 4.79 Å². The van der Waals surface area contributed by atoms with Gasteiger partial charge in [-0.1, -0.05) is 210 Å². The van der Waals surface area contributed by atoms with Crippen molar-refractivity contribution in [1.29, 1.82) is 0 Å². The number of rotatable bonds is 45. The van der Waals surface area contributed by atoms with Crippen molar-refractivity contribution >= 4 is 23.9 Å². The zero-order chi connectivity index (χ0) is 50.4. The first kappa shape index (κ1) is 63.4. The van der Waals surface area contributed by atoms with Crippen LogP contribution >= 0.6 is 0 Å². The molecule has 12 nitrogen and oxygen atoms in total. The summed E-state index contributed by atoms with van der Waals surface area (Å²) in [6, 6.07) is 0. The zero-order valence-corrected chi connectivity index (χ0v) is 43.3. The molecule has 0 aromatic carbocycles. The molecule has 6 atom stereocenters. The average Bonchev–Trinajstić information content (AvgIpc) is 3.33. The molecule has 1 heterocycles. The molecule has 12 heteroatoms. The average molecular weight is 973 g/mol. The number of carboxylic acid groups (broad SMARTS) is 1.